The van der Waals surface area contributed by atoms with Crippen LogP contribution in [-0.4, -0.2) is 6.85 Å². The van der Waals surface area contributed by atoms with Crippen molar-refractivity contribution < 1.29 is 4.42 Å². The van der Waals surface area contributed by atoms with E-state index in [0.717, 1.165) is 44.7 Å². The number of hydrogen-bond donors (Lipinski definition) is 0. The number of benzene rings is 9. The lowest BCUT2D eigenvalue weighted by atomic mass is 9.43. The van der Waals surface area contributed by atoms with Gasteiger partial charge in [-0.1, -0.05) is 174 Å². The van der Waals surface area contributed by atoms with Crippen LogP contribution in [0.3, 0.4) is 0 Å². The fourth-order valence-electron chi connectivity index (χ4n) is 11.5. The number of fused-ring (bicyclic) bond motifs is 8. The van der Waals surface area contributed by atoms with Crippen LogP contribution in [0, 0.1) is 20.8 Å². The summed E-state index contributed by atoms with van der Waals surface area (Å²) in [6.07, 6.45) is 0. The summed E-state index contributed by atoms with van der Waals surface area (Å²) in [6, 6.07) is 68.4. The SMILES string of the molecule is Cc1cc(C)c(-c2cc3c4c(c2)N(c2ccc(C(C)(C)C)cc2-c2ccccc2)c2c(ccc5c2oc2ccccc25)B4N(c2ccc(C(C)(C)C)cc2)c2ccc(-c4ccccc4)cc2-3)c(C)c1. The van der Waals surface area contributed by atoms with E-state index < -0.39 is 0 Å². The summed E-state index contributed by atoms with van der Waals surface area (Å²) in [4.78, 5) is 5.20. The smallest absolute Gasteiger partial charge is 0.333 e. The van der Waals surface area contributed by atoms with E-state index in [0.29, 0.717) is 0 Å². The first-order valence-electron chi connectivity index (χ1n) is 24.5. The Balaban J connectivity index is 1.26. The molecule has 4 heteroatoms. The lowest BCUT2D eigenvalue weighted by Gasteiger charge is -2.46. The average Bonchev–Trinajstić information content (AvgIpc) is 3.73. The molecule has 0 radical (unpaired) electrons. The van der Waals surface area contributed by atoms with Gasteiger partial charge in [0.05, 0.1) is 11.4 Å². The van der Waals surface area contributed by atoms with E-state index in [4.69, 9.17) is 4.42 Å². The zero-order chi connectivity index (χ0) is 47.5. The predicted molar refractivity (Wildman–Crippen MR) is 295 cm³/mol. The molecule has 336 valence electrons. The predicted octanol–water partition coefficient (Wildman–Crippen LogP) is 16.8. The molecule has 0 N–H and O–H groups in total. The molecule has 10 aromatic rings. The second-order valence-corrected chi connectivity index (χ2v) is 21.6. The lowest BCUT2D eigenvalue weighted by Crippen LogP contribution is -2.61. The zero-order valence-corrected chi connectivity index (χ0v) is 41.2. The number of furan rings is 1. The van der Waals surface area contributed by atoms with E-state index in [1.165, 1.54) is 88.9 Å². The third-order valence-corrected chi connectivity index (χ3v) is 14.8. The Bertz CT molecular complexity index is 3640. The van der Waals surface area contributed by atoms with Crippen molar-refractivity contribution in [2.75, 3.05) is 9.71 Å². The summed E-state index contributed by atoms with van der Waals surface area (Å²) in [6.45, 7) is 20.4. The van der Waals surface area contributed by atoms with Gasteiger partial charge in [0.15, 0.2) is 5.58 Å². The number of nitrogens with zero attached hydrogens (tertiary/aromatic N) is 2. The minimum Gasteiger partial charge on any atom is -0.454 e. The number of hydrogen-bond acceptors (Lipinski definition) is 3. The second kappa shape index (κ2) is 15.8. The van der Waals surface area contributed by atoms with E-state index in [1.54, 1.807) is 0 Å². The van der Waals surface area contributed by atoms with Crippen molar-refractivity contribution in [2.45, 2.75) is 73.1 Å². The molecule has 0 unspecified atom stereocenters. The molecule has 0 aliphatic carbocycles. The van der Waals surface area contributed by atoms with Crippen LogP contribution >= 0.6 is 0 Å². The van der Waals surface area contributed by atoms with Crippen molar-refractivity contribution in [3.63, 3.8) is 0 Å². The van der Waals surface area contributed by atoms with Crippen LogP contribution in [0.15, 0.2) is 186 Å². The molecule has 3 nitrogen and oxygen atoms in total. The maximum Gasteiger partial charge on any atom is 0.333 e. The molecule has 0 saturated carbocycles. The molecule has 0 spiro atoms. The highest BCUT2D eigenvalue weighted by Gasteiger charge is 2.47. The molecule has 9 aromatic carbocycles. The van der Waals surface area contributed by atoms with Crippen molar-refractivity contribution in [3.05, 3.63) is 210 Å². The third-order valence-electron chi connectivity index (χ3n) is 14.8. The van der Waals surface area contributed by atoms with Gasteiger partial charge in [-0.05, 0) is 153 Å². The first-order valence-corrected chi connectivity index (χ1v) is 24.5. The fourth-order valence-corrected chi connectivity index (χ4v) is 11.5. The number of aryl methyl sites for hydroxylation is 3. The highest BCUT2D eigenvalue weighted by Crippen LogP contribution is 2.53. The van der Waals surface area contributed by atoms with Gasteiger partial charge in [-0.15, -0.1) is 0 Å². The van der Waals surface area contributed by atoms with Gasteiger partial charge in [0.2, 0.25) is 0 Å². The largest absolute Gasteiger partial charge is 0.454 e. The molecule has 2 aliphatic heterocycles. The van der Waals surface area contributed by atoms with Crippen molar-refractivity contribution in [3.8, 4) is 44.5 Å². The normalized spacial score (nSPS) is 13.2. The standard InChI is InChI=1S/C65H57BN2O/c1-40-34-41(2)60(42(3)35-40)46-37-54-53-36-45(43-18-12-10-13-19-43)24-32-57(53)68(49-28-25-47(26-29-49)64(4,5)6)66-55-31-30-51-50-22-16-17-23-59(50)69-63(51)62(55)67(58(38-46)61(54)66)56-33-27-48(65(7,8)9)39-52(56)44-20-14-11-15-21-44/h10-39H,1-9H3. The number of para-hydroxylation sites is 1. The van der Waals surface area contributed by atoms with Gasteiger partial charge in [0.25, 0.3) is 0 Å². The average molecular weight is 893 g/mol. The monoisotopic (exact) mass is 892 g/mol. The summed E-state index contributed by atoms with van der Waals surface area (Å²) in [7, 11) is 0. The van der Waals surface area contributed by atoms with Crippen LogP contribution in [-0.2, 0) is 10.8 Å². The summed E-state index contributed by atoms with van der Waals surface area (Å²) < 4.78 is 7.22. The maximum atomic E-state index is 7.22. The molecule has 0 bridgehead atoms. The van der Waals surface area contributed by atoms with Crippen LogP contribution < -0.4 is 20.6 Å². The number of anilines is 5. The summed E-state index contributed by atoms with van der Waals surface area (Å²) in [5, 5.41) is 2.22. The van der Waals surface area contributed by atoms with Gasteiger partial charge < -0.3 is 14.1 Å². The van der Waals surface area contributed by atoms with Crippen LogP contribution in [0.2, 0.25) is 0 Å². The molecule has 69 heavy (non-hydrogen) atoms. The van der Waals surface area contributed by atoms with Gasteiger partial charge in [-0.3, -0.25) is 0 Å². The van der Waals surface area contributed by atoms with E-state index in [-0.39, 0.29) is 17.7 Å². The van der Waals surface area contributed by atoms with Crippen molar-refractivity contribution in [1.82, 2.24) is 0 Å². The molecule has 12 rings (SSSR count). The number of rotatable bonds is 5. The van der Waals surface area contributed by atoms with E-state index in [9.17, 15) is 0 Å². The first-order chi connectivity index (χ1) is 33.2. The highest BCUT2D eigenvalue weighted by molar-refractivity contribution is 6.94. The van der Waals surface area contributed by atoms with Crippen LogP contribution in [0.5, 0.6) is 0 Å². The van der Waals surface area contributed by atoms with Gasteiger partial charge in [0, 0.05) is 39.0 Å². The Morgan fingerprint density at radius 2 is 1.07 bits per heavy atom. The molecule has 0 amide bonds. The summed E-state index contributed by atoms with van der Waals surface area (Å²) in [5.74, 6) is 0. The van der Waals surface area contributed by atoms with Crippen LogP contribution in [0.25, 0.3) is 66.4 Å². The second-order valence-electron chi connectivity index (χ2n) is 21.6. The van der Waals surface area contributed by atoms with Crippen LogP contribution in [0.1, 0.15) is 69.4 Å². The lowest BCUT2D eigenvalue weighted by molar-refractivity contribution is 0.590. The topological polar surface area (TPSA) is 19.6 Å². The molecule has 0 fully saturated rings. The van der Waals surface area contributed by atoms with Gasteiger partial charge >= 0.3 is 6.85 Å². The Morgan fingerprint density at radius 3 is 1.77 bits per heavy atom. The maximum absolute atomic E-state index is 7.22. The molecule has 2 aliphatic rings. The van der Waals surface area contributed by atoms with E-state index in [1.807, 2.05) is 0 Å². The Hall–Kier alpha value is -7.56. The van der Waals surface area contributed by atoms with Gasteiger partial charge in [-0.25, -0.2) is 0 Å². The molecule has 3 heterocycles. The van der Waals surface area contributed by atoms with Crippen molar-refractivity contribution in [2.24, 2.45) is 0 Å². The molecule has 0 saturated heterocycles. The van der Waals surface area contributed by atoms with Gasteiger partial charge in [-0.2, -0.15) is 0 Å². The fraction of sp³-hybridized carbons (Fsp3) is 0.169. The molecular weight excluding hydrogens is 836 g/mol. The zero-order valence-electron chi connectivity index (χ0n) is 41.2. The Labute approximate surface area is 407 Å². The molecule has 1 aromatic heterocycles. The minimum atomic E-state index is -0.197. The summed E-state index contributed by atoms with van der Waals surface area (Å²) >= 11 is 0. The van der Waals surface area contributed by atoms with Crippen molar-refractivity contribution in [1.29, 1.82) is 0 Å². The van der Waals surface area contributed by atoms with Crippen molar-refractivity contribution >= 4 is 68.1 Å². The quantitative estimate of drug-likeness (QED) is 0.161. The Kier molecular flexibility index (Phi) is 9.77. The Morgan fingerprint density at radius 1 is 0.449 bits per heavy atom. The van der Waals surface area contributed by atoms with E-state index in [2.05, 4.69) is 254 Å². The molecular formula is C65H57BN2O. The highest BCUT2D eigenvalue weighted by atomic mass is 16.3. The van der Waals surface area contributed by atoms with Gasteiger partial charge in [0.1, 0.15) is 5.58 Å². The summed E-state index contributed by atoms with van der Waals surface area (Å²) in [5.41, 5.74) is 26.0. The third kappa shape index (κ3) is 6.94. The molecule has 0 atom stereocenters. The van der Waals surface area contributed by atoms with Crippen LogP contribution in [0.4, 0.5) is 28.4 Å². The minimum absolute atomic E-state index is 0.00910. The first kappa shape index (κ1) is 42.8. The van der Waals surface area contributed by atoms with E-state index >= 15 is 0 Å².